The fourth-order valence-corrected chi connectivity index (χ4v) is 6.24. The topological polar surface area (TPSA) is 93.5 Å². The molecule has 3 heterocycles. The van der Waals surface area contributed by atoms with Crippen LogP contribution in [0.4, 0.5) is 0 Å². The number of primary amides is 1. The van der Waals surface area contributed by atoms with Crippen LogP contribution in [-0.2, 0) is 14.3 Å². The first-order valence-electron chi connectivity index (χ1n) is 10.2. The summed E-state index contributed by atoms with van der Waals surface area (Å²) in [6, 6.07) is 0. The van der Waals surface area contributed by atoms with Crippen molar-refractivity contribution in [1.82, 2.24) is 10.6 Å². The highest BCUT2D eigenvalue weighted by atomic mass is 16.5. The predicted octanol–water partition coefficient (Wildman–Crippen LogP) is 1.48. The van der Waals surface area contributed by atoms with Crippen molar-refractivity contribution in [3.8, 4) is 0 Å². The molecule has 2 amide bonds. The van der Waals surface area contributed by atoms with Gasteiger partial charge in [0.25, 0.3) is 0 Å². The quantitative estimate of drug-likeness (QED) is 0.705. The van der Waals surface area contributed by atoms with Crippen LogP contribution in [0.3, 0.4) is 0 Å². The standard InChI is InChI=1S/C20H33N3O3/c1-17(2)5-3-4-14(10-17)15(24)23-13-18-11-19(12-18,16(21)25)20(26-18)6-8-22-9-7-20/h14,22H,3-13H2,1-2H3,(H2,21,25)(H,23,24). The Labute approximate surface area is 156 Å². The van der Waals surface area contributed by atoms with E-state index in [4.69, 9.17) is 10.5 Å². The molecule has 1 spiro atoms. The molecule has 5 fully saturated rings. The van der Waals surface area contributed by atoms with E-state index in [1.54, 1.807) is 0 Å². The van der Waals surface area contributed by atoms with E-state index in [0.717, 1.165) is 45.2 Å². The molecule has 2 saturated carbocycles. The Kier molecular flexibility index (Phi) is 4.16. The monoisotopic (exact) mass is 363 g/mol. The molecule has 5 rings (SSSR count). The second kappa shape index (κ2) is 5.93. The molecule has 0 aromatic rings. The first-order chi connectivity index (χ1) is 12.2. The molecule has 1 atom stereocenters. The summed E-state index contributed by atoms with van der Waals surface area (Å²) in [5.41, 5.74) is 4.70. The Morgan fingerprint density at radius 2 is 1.88 bits per heavy atom. The van der Waals surface area contributed by atoms with Crippen molar-refractivity contribution in [2.24, 2.45) is 22.5 Å². The third-order valence-corrected chi connectivity index (χ3v) is 7.58. The first-order valence-corrected chi connectivity index (χ1v) is 10.2. The normalized spacial score (nSPS) is 40.0. The van der Waals surface area contributed by atoms with Crippen molar-refractivity contribution in [2.45, 2.75) is 76.4 Å². The Hall–Kier alpha value is -1.14. The van der Waals surface area contributed by atoms with Gasteiger partial charge in [-0.1, -0.05) is 20.3 Å². The lowest BCUT2D eigenvalue weighted by molar-refractivity contribution is -0.137. The second-order valence-electron chi connectivity index (χ2n) is 10.0. The molecule has 2 bridgehead atoms. The van der Waals surface area contributed by atoms with E-state index in [9.17, 15) is 9.59 Å². The molecule has 4 N–H and O–H groups in total. The minimum Gasteiger partial charge on any atom is -0.369 e. The summed E-state index contributed by atoms with van der Waals surface area (Å²) in [5, 5.41) is 6.50. The van der Waals surface area contributed by atoms with Crippen molar-refractivity contribution >= 4 is 11.8 Å². The van der Waals surface area contributed by atoms with Crippen LogP contribution in [0.5, 0.6) is 0 Å². The van der Waals surface area contributed by atoms with E-state index in [2.05, 4.69) is 24.5 Å². The minimum absolute atomic E-state index is 0.102. The van der Waals surface area contributed by atoms with Gasteiger partial charge in [-0.25, -0.2) is 0 Å². The molecule has 5 aliphatic rings. The van der Waals surface area contributed by atoms with E-state index in [1.165, 1.54) is 6.42 Å². The van der Waals surface area contributed by atoms with Crippen LogP contribution in [0.1, 0.15) is 65.2 Å². The number of piperidine rings is 1. The number of ether oxygens (including phenoxy) is 1. The van der Waals surface area contributed by atoms with Gasteiger partial charge in [0.1, 0.15) is 0 Å². The molecule has 26 heavy (non-hydrogen) atoms. The van der Waals surface area contributed by atoms with Gasteiger partial charge in [0.2, 0.25) is 11.8 Å². The van der Waals surface area contributed by atoms with Gasteiger partial charge in [-0.15, -0.1) is 0 Å². The SMILES string of the molecule is CC1(C)CCCC(C(=O)NCC23CC(C(N)=O)(C2)C2(CCNCC2)O3)C1. The van der Waals surface area contributed by atoms with Crippen LogP contribution >= 0.6 is 0 Å². The highest BCUT2D eigenvalue weighted by Crippen LogP contribution is 2.68. The number of rotatable bonds is 4. The fourth-order valence-electron chi connectivity index (χ4n) is 6.24. The number of hydrogen-bond acceptors (Lipinski definition) is 4. The number of hydrogen-bond donors (Lipinski definition) is 3. The Balaban J connectivity index is 1.41. The smallest absolute Gasteiger partial charge is 0.226 e. The zero-order valence-electron chi connectivity index (χ0n) is 16.2. The summed E-state index contributed by atoms with van der Waals surface area (Å²) in [6.45, 7) is 6.72. The average Bonchev–Trinajstić information content (AvgIpc) is 2.97. The number of carbonyl (C=O) groups is 2. The van der Waals surface area contributed by atoms with Gasteiger partial charge < -0.3 is 21.1 Å². The molecule has 3 saturated heterocycles. The Morgan fingerprint density at radius 3 is 2.50 bits per heavy atom. The maximum absolute atomic E-state index is 12.7. The van der Waals surface area contributed by atoms with Gasteiger partial charge in [-0.05, 0) is 63.5 Å². The highest BCUT2D eigenvalue weighted by molar-refractivity contribution is 5.85. The molecule has 1 unspecified atom stereocenters. The van der Waals surface area contributed by atoms with Crippen LogP contribution in [0.25, 0.3) is 0 Å². The lowest BCUT2D eigenvalue weighted by atomic mass is 9.53. The average molecular weight is 364 g/mol. The zero-order valence-corrected chi connectivity index (χ0v) is 16.2. The Bertz CT molecular complexity index is 603. The summed E-state index contributed by atoms with van der Waals surface area (Å²) in [4.78, 5) is 25.0. The molecular weight excluding hydrogens is 330 g/mol. The maximum Gasteiger partial charge on any atom is 0.226 e. The molecule has 0 aromatic heterocycles. The maximum atomic E-state index is 12.7. The molecule has 0 aromatic carbocycles. The van der Waals surface area contributed by atoms with E-state index >= 15 is 0 Å². The van der Waals surface area contributed by atoms with Gasteiger partial charge in [0.05, 0.1) is 16.6 Å². The van der Waals surface area contributed by atoms with Crippen molar-refractivity contribution in [3.63, 3.8) is 0 Å². The van der Waals surface area contributed by atoms with Gasteiger partial charge in [0, 0.05) is 12.5 Å². The summed E-state index contributed by atoms with van der Waals surface area (Å²) >= 11 is 0. The van der Waals surface area contributed by atoms with Crippen LogP contribution in [0, 0.1) is 16.7 Å². The predicted molar refractivity (Wildman–Crippen MR) is 98.3 cm³/mol. The third-order valence-electron chi connectivity index (χ3n) is 7.58. The van der Waals surface area contributed by atoms with Gasteiger partial charge >= 0.3 is 0 Å². The lowest BCUT2D eigenvalue weighted by Gasteiger charge is -2.47. The first kappa shape index (κ1) is 18.2. The highest BCUT2D eigenvalue weighted by Gasteiger charge is 2.77. The molecular formula is C20H33N3O3. The number of amides is 2. The van der Waals surface area contributed by atoms with E-state index < -0.39 is 16.6 Å². The van der Waals surface area contributed by atoms with Crippen molar-refractivity contribution in [3.05, 3.63) is 0 Å². The fraction of sp³-hybridized carbons (Fsp3) is 0.900. The van der Waals surface area contributed by atoms with Crippen LogP contribution in [-0.4, -0.2) is 42.7 Å². The number of nitrogens with one attached hydrogen (secondary N) is 2. The molecule has 6 heteroatoms. The number of carbonyl (C=O) groups excluding carboxylic acids is 2. The number of nitrogens with two attached hydrogens (primary N) is 1. The van der Waals surface area contributed by atoms with Crippen molar-refractivity contribution < 1.29 is 14.3 Å². The lowest BCUT2D eigenvalue weighted by Crippen LogP contribution is -2.61. The van der Waals surface area contributed by atoms with Gasteiger partial charge in [-0.2, -0.15) is 0 Å². The molecule has 146 valence electrons. The summed E-state index contributed by atoms with van der Waals surface area (Å²) < 4.78 is 6.54. The van der Waals surface area contributed by atoms with Crippen molar-refractivity contribution in [1.29, 1.82) is 0 Å². The van der Waals surface area contributed by atoms with Crippen LogP contribution in [0.15, 0.2) is 0 Å². The summed E-state index contributed by atoms with van der Waals surface area (Å²) in [5.74, 6) is 0.0248. The van der Waals surface area contributed by atoms with Crippen molar-refractivity contribution in [2.75, 3.05) is 19.6 Å². The Morgan fingerprint density at radius 1 is 1.19 bits per heavy atom. The molecule has 0 radical (unpaired) electrons. The largest absolute Gasteiger partial charge is 0.369 e. The van der Waals surface area contributed by atoms with E-state index in [1.807, 2.05) is 0 Å². The summed E-state index contributed by atoms with van der Waals surface area (Å²) in [6.07, 6.45) is 7.20. The zero-order chi connectivity index (χ0) is 18.6. The minimum atomic E-state index is -0.535. The second-order valence-corrected chi connectivity index (χ2v) is 10.0. The van der Waals surface area contributed by atoms with Crippen LogP contribution in [0.2, 0.25) is 0 Å². The third kappa shape index (κ3) is 2.68. The molecule has 3 aliphatic heterocycles. The van der Waals surface area contributed by atoms with Gasteiger partial charge in [0.15, 0.2) is 0 Å². The van der Waals surface area contributed by atoms with Gasteiger partial charge in [-0.3, -0.25) is 9.59 Å². The molecule has 6 nitrogen and oxygen atoms in total. The van der Waals surface area contributed by atoms with E-state index in [-0.39, 0.29) is 23.1 Å². The summed E-state index contributed by atoms with van der Waals surface area (Å²) in [7, 11) is 0. The molecule has 2 aliphatic carbocycles. The van der Waals surface area contributed by atoms with E-state index in [0.29, 0.717) is 19.4 Å². The van der Waals surface area contributed by atoms with Crippen LogP contribution < -0.4 is 16.4 Å².